The molecular formula is C12H20O2. The number of carbonyl (C=O) groups is 1. The second kappa shape index (κ2) is 2.53. The molecular weight excluding hydrogens is 176 g/mol. The number of fused-ring (bicyclic) bond motifs is 1. The molecule has 1 saturated heterocycles. The number of ether oxygens (including phenoxy) is 1. The van der Waals surface area contributed by atoms with Gasteiger partial charge in [-0.05, 0) is 17.3 Å². The second-order valence-electron chi connectivity index (χ2n) is 6.56. The van der Waals surface area contributed by atoms with Gasteiger partial charge in [0, 0.05) is 5.92 Å². The summed E-state index contributed by atoms with van der Waals surface area (Å²) in [6, 6.07) is 0. The Labute approximate surface area is 86.0 Å². The maximum Gasteiger partial charge on any atom is 0.310 e. The van der Waals surface area contributed by atoms with Crippen molar-refractivity contribution in [3.63, 3.8) is 0 Å². The zero-order valence-corrected chi connectivity index (χ0v) is 9.76. The lowest BCUT2D eigenvalue weighted by molar-refractivity contribution is -0.148. The molecule has 3 atom stereocenters. The van der Waals surface area contributed by atoms with Gasteiger partial charge in [0.1, 0.15) is 6.10 Å². The fourth-order valence-corrected chi connectivity index (χ4v) is 2.89. The number of rotatable bonds is 1. The minimum atomic E-state index is 0.0363. The SMILES string of the molecule is CC(C)(C)CC1OC(=O)C2C1C2(C)C. The highest BCUT2D eigenvalue weighted by Crippen LogP contribution is 2.65. The van der Waals surface area contributed by atoms with Crippen LogP contribution in [0, 0.1) is 22.7 Å². The summed E-state index contributed by atoms with van der Waals surface area (Å²) in [7, 11) is 0. The van der Waals surface area contributed by atoms with Crippen LogP contribution in [0.3, 0.4) is 0 Å². The Morgan fingerprint density at radius 1 is 1.36 bits per heavy atom. The Balaban J connectivity index is 2.07. The van der Waals surface area contributed by atoms with E-state index in [-0.39, 0.29) is 28.8 Å². The summed E-state index contributed by atoms with van der Waals surface area (Å²) < 4.78 is 5.40. The molecule has 2 heteroatoms. The van der Waals surface area contributed by atoms with Crippen molar-refractivity contribution in [2.45, 2.75) is 47.1 Å². The molecule has 14 heavy (non-hydrogen) atoms. The molecule has 0 aromatic rings. The first kappa shape index (κ1) is 10.0. The van der Waals surface area contributed by atoms with Crippen molar-refractivity contribution in [2.24, 2.45) is 22.7 Å². The fourth-order valence-electron chi connectivity index (χ4n) is 2.89. The van der Waals surface area contributed by atoms with E-state index in [9.17, 15) is 4.79 Å². The van der Waals surface area contributed by atoms with E-state index < -0.39 is 0 Å². The summed E-state index contributed by atoms with van der Waals surface area (Å²) in [6.07, 6.45) is 1.16. The Hall–Kier alpha value is -0.530. The monoisotopic (exact) mass is 196 g/mol. The van der Waals surface area contributed by atoms with Gasteiger partial charge in [0.2, 0.25) is 0 Å². The van der Waals surface area contributed by atoms with Crippen LogP contribution in [-0.4, -0.2) is 12.1 Å². The lowest BCUT2D eigenvalue weighted by Crippen LogP contribution is -2.25. The van der Waals surface area contributed by atoms with E-state index in [0.717, 1.165) is 6.42 Å². The van der Waals surface area contributed by atoms with Crippen molar-refractivity contribution >= 4 is 5.97 Å². The first-order chi connectivity index (χ1) is 6.23. The molecule has 2 aliphatic rings. The average Bonchev–Trinajstić information content (AvgIpc) is 2.30. The maximum atomic E-state index is 11.5. The number of cyclic esters (lactones) is 1. The lowest BCUT2D eigenvalue weighted by atomic mass is 9.86. The third-order valence-corrected chi connectivity index (χ3v) is 3.65. The minimum absolute atomic E-state index is 0.0363. The summed E-state index contributed by atoms with van der Waals surface area (Å²) in [6.45, 7) is 11.0. The van der Waals surface area contributed by atoms with Crippen LogP contribution >= 0.6 is 0 Å². The van der Waals surface area contributed by atoms with Crippen molar-refractivity contribution in [3.8, 4) is 0 Å². The number of hydrogen-bond donors (Lipinski definition) is 0. The molecule has 0 bridgehead atoms. The quantitative estimate of drug-likeness (QED) is 0.603. The largest absolute Gasteiger partial charge is 0.462 e. The molecule has 3 unspecified atom stereocenters. The molecule has 0 spiro atoms. The molecule has 0 radical (unpaired) electrons. The molecule has 80 valence electrons. The molecule has 2 nitrogen and oxygen atoms in total. The Morgan fingerprint density at radius 3 is 2.29 bits per heavy atom. The highest BCUT2D eigenvalue weighted by Gasteiger charge is 2.70. The van der Waals surface area contributed by atoms with Gasteiger partial charge in [-0.3, -0.25) is 4.79 Å². The number of carbonyl (C=O) groups excluding carboxylic acids is 1. The maximum absolute atomic E-state index is 11.5. The molecule has 0 aromatic heterocycles. The van der Waals surface area contributed by atoms with Crippen LogP contribution < -0.4 is 0 Å². The highest BCUT2D eigenvalue weighted by molar-refractivity contribution is 5.80. The molecule has 1 saturated carbocycles. The molecule has 0 N–H and O–H groups in total. The molecule has 1 heterocycles. The van der Waals surface area contributed by atoms with E-state index in [4.69, 9.17) is 4.74 Å². The summed E-state index contributed by atoms with van der Waals surface area (Å²) in [5.74, 6) is 0.707. The Bertz CT molecular complexity index is 273. The van der Waals surface area contributed by atoms with Gasteiger partial charge in [-0.15, -0.1) is 0 Å². The standard InChI is InChI=1S/C12H20O2/c1-11(2,3)6-7-8-9(10(13)14-7)12(8,4)5/h7-9H,6H2,1-5H3. The Kier molecular flexibility index (Phi) is 1.81. The van der Waals surface area contributed by atoms with Crippen LogP contribution in [-0.2, 0) is 9.53 Å². The summed E-state index contributed by atoms with van der Waals surface area (Å²) >= 11 is 0. The fraction of sp³-hybridized carbons (Fsp3) is 0.917. The molecule has 1 aliphatic carbocycles. The summed E-state index contributed by atoms with van der Waals surface area (Å²) in [5, 5.41) is 0. The van der Waals surface area contributed by atoms with Gasteiger partial charge in [0.15, 0.2) is 0 Å². The smallest absolute Gasteiger partial charge is 0.310 e. The number of esters is 1. The molecule has 0 aromatic carbocycles. The first-order valence-corrected chi connectivity index (χ1v) is 5.44. The minimum Gasteiger partial charge on any atom is -0.462 e. The van der Waals surface area contributed by atoms with E-state index in [1.165, 1.54) is 0 Å². The third-order valence-electron chi connectivity index (χ3n) is 3.65. The van der Waals surface area contributed by atoms with Crippen molar-refractivity contribution in [1.29, 1.82) is 0 Å². The van der Waals surface area contributed by atoms with Crippen molar-refractivity contribution in [1.82, 2.24) is 0 Å². The predicted molar refractivity (Wildman–Crippen MR) is 54.7 cm³/mol. The van der Waals surface area contributed by atoms with E-state index in [2.05, 4.69) is 34.6 Å². The van der Waals surface area contributed by atoms with Crippen LogP contribution in [0.4, 0.5) is 0 Å². The van der Waals surface area contributed by atoms with Crippen LogP contribution in [0.25, 0.3) is 0 Å². The van der Waals surface area contributed by atoms with Gasteiger partial charge in [0.05, 0.1) is 5.92 Å². The molecule has 0 amide bonds. The van der Waals surface area contributed by atoms with Crippen LogP contribution in [0.15, 0.2) is 0 Å². The van der Waals surface area contributed by atoms with Gasteiger partial charge in [-0.25, -0.2) is 0 Å². The van der Waals surface area contributed by atoms with E-state index in [0.29, 0.717) is 5.92 Å². The van der Waals surface area contributed by atoms with Gasteiger partial charge < -0.3 is 4.74 Å². The second-order valence-corrected chi connectivity index (χ2v) is 6.56. The molecule has 1 aliphatic heterocycles. The van der Waals surface area contributed by atoms with Crippen LogP contribution in [0.1, 0.15) is 41.0 Å². The molecule has 2 fully saturated rings. The first-order valence-electron chi connectivity index (χ1n) is 5.44. The van der Waals surface area contributed by atoms with Gasteiger partial charge in [-0.2, -0.15) is 0 Å². The summed E-state index contributed by atoms with van der Waals surface area (Å²) in [5.41, 5.74) is 0.448. The molecule has 2 rings (SSSR count). The lowest BCUT2D eigenvalue weighted by Gasteiger charge is -2.25. The topological polar surface area (TPSA) is 26.3 Å². The van der Waals surface area contributed by atoms with E-state index >= 15 is 0 Å². The summed E-state index contributed by atoms with van der Waals surface area (Å²) in [4.78, 5) is 11.5. The highest BCUT2D eigenvalue weighted by atomic mass is 16.6. The van der Waals surface area contributed by atoms with Gasteiger partial charge in [0.25, 0.3) is 0 Å². The van der Waals surface area contributed by atoms with Crippen LogP contribution in [0.5, 0.6) is 0 Å². The third kappa shape index (κ3) is 1.35. The van der Waals surface area contributed by atoms with E-state index in [1.54, 1.807) is 0 Å². The van der Waals surface area contributed by atoms with Crippen molar-refractivity contribution < 1.29 is 9.53 Å². The van der Waals surface area contributed by atoms with Crippen LogP contribution in [0.2, 0.25) is 0 Å². The van der Waals surface area contributed by atoms with E-state index in [1.807, 2.05) is 0 Å². The van der Waals surface area contributed by atoms with Gasteiger partial charge >= 0.3 is 5.97 Å². The van der Waals surface area contributed by atoms with Crippen molar-refractivity contribution in [2.75, 3.05) is 0 Å². The normalized spacial score (nSPS) is 39.2. The average molecular weight is 196 g/mol. The van der Waals surface area contributed by atoms with Gasteiger partial charge in [-0.1, -0.05) is 34.6 Å². The van der Waals surface area contributed by atoms with Crippen molar-refractivity contribution in [3.05, 3.63) is 0 Å². The zero-order chi connectivity index (χ0) is 10.7. The Morgan fingerprint density at radius 2 is 1.93 bits per heavy atom. The predicted octanol–water partition coefficient (Wildman–Crippen LogP) is 2.62. The zero-order valence-electron chi connectivity index (χ0n) is 9.76. The number of hydrogen-bond acceptors (Lipinski definition) is 2.